The summed E-state index contributed by atoms with van der Waals surface area (Å²) in [5, 5.41) is 12.5. The molecule has 0 saturated heterocycles. The lowest BCUT2D eigenvalue weighted by molar-refractivity contribution is -0.113. The first-order valence-corrected chi connectivity index (χ1v) is 11.0. The molecule has 1 N–H and O–H groups in total. The molecule has 1 amide bonds. The number of aromatic nitrogens is 3. The lowest BCUT2D eigenvalue weighted by Gasteiger charge is -2.15. The van der Waals surface area contributed by atoms with Crippen molar-refractivity contribution >= 4 is 35.0 Å². The van der Waals surface area contributed by atoms with E-state index in [1.807, 2.05) is 61.0 Å². The summed E-state index contributed by atoms with van der Waals surface area (Å²) < 4.78 is 7.74. The van der Waals surface area contributed by atoms with Crippen molar-refractivity contribution in [1.82, 2.24) is 14.8 Å². The molecule has 6 nitrogen and oxygen atoms in total. The summed E-state index contributed by atoms with van der Waals surface area (Å²) in [6, 6.07) is 15.2. The number of anilines is 1. The molecule has 1 unspecified atom stereocenters. The summed E-state index contributed by atoms with van der Waals surface area (Å²) in [5.74, 6) is 1.84. The number of rotatable bonds is 8. The van der Waals surface area contributed by atoms with Gasteiger partial charge in [-0.05, 0) is 42.7 Å². The number of hydrogen-bond donors (Lipinski definition) is 1. The van der Waals surface area contributed by atoms with Gasteiger partial charge in [0.25, 0.3) is 0 Å². The van der Waals surface area contributed by atoms with Gasteiger partial charge in [0.2, 0.25) is 5.91 Å². The van der Waals surface area contributed by atoms with Crippen molar-refractivity contribution in [3.63, 3.8) is 0 Å². The number of thioether (sulfide) groups is 1. The van der Waals surface area contributed by atoms with Gasteiger partial charge in [-0.25, -0.2) is 0 Å². The zero-order valence-electron chi connectivity index (χ0n) is 17.4. The van der Waals surface area contributed by atoms with Gasteiger partial charge in [0.05, 0.1) is 10.8 Å². The Morgan fingerprint density at radius 2 is 1.83 bits per heavy atom. The largest absolute Gasteiger partial charge is 0.481 e. The second-order valence-electron chi connectivity index (χ2n) is 7.20. The molecule has 2 aromatic carbocycles. The minimum atomic E-state index is -0.343. The van der Waals surface area contributed by atoms with Crippen molar-refractivity contribution in [3.05, 3.63) is 64.9 Å². The average Bonchev–Trinajstić information content (AvgIpc) is 3.09. The number of ether oxygens (including phenoxy) is 1. The number of amides is 1. The van der Waals surface area contributed by atoms with Crippen LogP contribution in [0.25, 0.3) is 0 Å². The van der Waals surface area contributed by atoms with Crippen molar-refractivity contribution in [2.24, 2.45) is 7.05 Å². The van der Waals surface area contributed by atoms with E-state index in [0.717, 1.165) is 5.69 Å². The Bertz CT molecular complexity index is 1000. The summed E-state index contributed by atoms with van der Waals surface area (Å²) in [6.45, 7) is 6.16. The van der Waals surface area contributed by atoms with Gasteiger partial charge >= 0.3 is 0 Å². The Morgan fingerprint density at radius 3 is 2.50 bits per heavy atom. The first kappa shape index (κ1) is 22.2. The molecule has 1 atom stereocenters. The molecular weight excluding hydrogens is 420 g/mol. The van der Waals surface area contributed by atoms with Gasteiger partial charge < -0.3 is 14.6 Å². The van der Waals surface area contributed by atoms with Gasteiger partial charge in [-0.15, -0.1) is 10.2 Å². The van der Waals surface area contributed by atoms with E-state index in [9.17, 15) is 4.79 Å². The van der Waals surface area contributed by atoms with Gasteiger partial charge in [-0.2, -0.15) is 0 Å². The Morgan fingerprint density at radius 1 is 1.13 bits per heavy atom. The molecule has 0 fully saturated rings. The predicted molar refractivity (Wildman–Crippen MR) is 121 cm³/mol. The third-order valence-corrected chi connectivity index (χ3v) is 5.90. The fourth-order valence-corrected chi connectivity index (χ4v) is 3.77. The Hall–Kier alpha value is -2.51. The second kappa shape index (κ2) is 10.00. The van der Waals surface area contributed by atoms with Crippen LogP contribution >= 0.6 is 23.4 Å². The van der Waals surface area contributed by atoms with Gasteiger partial charge in [0, 0.05) is 12.7 Å². The van der Waals surface area contributed by atoms with Crippen LogP contribution in [-0.2, 0) is 11.8 Å². The maximum Gasteiger partial charge on any atom is 0.234 e. The third kappa shape index (κ3) is 5.55. The quantitative estimate of drug-likeness (QED) is 0.467. The highest BCUT2D eigenvalue weighted by Crippen LogP contribution is 2.29. The number of nitrogens with one attached hydrogen (secondary N) is 1. The maximum atomic E-state index is 12.3. The van der Waals surface area contributed by atoms with E-state index in [1.54, 1.807) is 6.07 Å². The molecule has 3 aromatic rings. The summed E-state index contributed by atoms with van der Waals surface area (Å²) in [5.41, 5.74) is 2.02. The van der Waals surface area contributed by atoms with Crippen molar-refractivity contribution < 1.29 is 9.53 Å². The van der Waals surface area contributed by atoms with E-state index >= 15 is 0 Å². The molecule has 3 rings (SSSR count). The molecule has 8 heteroatoms. The molecule has 1 aromatic heterocycles. The average molecular weight is 445 g/mol. The SMILES string of the molecule is CC(C)c1ccc(NC(=O)CSc2nnc(C(C)Oc3ccccc3Cl)n2C)cc1. The number of nitrogens with zero attached hydrogens (tertiary/aromatic N) is 3. The maximum absolute atomic E-state index is 12.3. The van der Waals surface area contributed by atoms with Gasteiger partial charge in [-0.3, -0.25) is 4.79 Å². The molecule has 30 heavy (non-hydrogen) atoms. The van der Waals surface area contributed by atoms with Crippen LogP contribution in [0.4, 0.5) is 5.69 Å². The molecule has 0 saturated carbocycles. The van der Waals surface area contributed by atoms with E-state index in [4.69, 9.17) is 16.3 Å². The van der Waals surface area contributed by atoms with Crippen LogP contribution < -0.4 is 10.1 Å². The van der Waals surface area contributed by atoms with E-state index in [-0.39, 0.29) is 17.8 Å². The molecule has 0 aliphatic carbocycles. The first-order valence-electron chi connectivity index (χ1n) is 9.68. The number of benzene rings is 2. The Labute approximate surface area is 186 Å². The lowest BCUT2D eigenvalue weighted by Crippen LogP contribution is -2.15. The van der Waals surface area contributed by atoms with Crippen LogP contribution in [0, 0.1) is 0 Å². The minimum absolute atomic E-state index is 0.0952. The van der Waals surface area contributed by atoms with Crippen LogP contribution in [0.1, 0.15) is 44.2 Å². The van der Waals surface area contributed by atoms with Crippen LogP contribution in [0.2, 0.25) is 5.02 Å². The molecule has 0 bridgehead atoms. The highest BCUT2D eigenvalue weighted by Gasteiger charge is 2.19. The van der Waals surface area contributed by atoms with Crippen molar-refractivity contribution in [2.45, 2.75) is 37.9 Å². The van der Waals surface area contributed by atoms with Gasteiger partial charge in [0.15, 0.2) is 17.1 Å². The van der Waals surface area contributed by atoms with Crippen LogP contribution in [0.5, 0.6) is 5.75 Å². The van der Waals surface area contributed by atoms with Crippen molar-refractivity contribution in [1.29, 1.82) is 0 Å². The zero-order chi connectivity index (χ0) is 21.7. The lowest BCUT2D eigenvalue weighted by atomic mass is 10.0. The molecule has 1 heterocycles. The van der Waals surface area contributed by atoms with E-state index < -0.39 is 0 Å². The standard InChI is InChI=1S/C22H25ClN4O2S/c1-14(2)16-9-11-17(12-10-16)24-20(28)13-30-22-26-25-21(27(22)4)15(3)29-19-8-6-5-7-18(19)23/h5-12,14-15H,13H2,1-4H3,(H,24,28). The Kier molecular flexibility index (Phi) is 7.39. The first-order chi connectivity index (χ1) is 14.3. The molecule has 0 spiro atoms. The normalized spacial score (nSPS) is 12.1. The highest BCUT2D eigenvalue weighted by molar-refractivity contribution is 7.99. The van der Waals surface area contributed by atoms with E-state index in [0.29, 0.717) is 27.7 Å². The monoisotopic (exact) mass is 444 g/mol. The molecule has 0 radical (unpaired) electrons. The summed E-state index contributed by atoms with van der Waals surface area (Å²) >= 11 is 7.49. The number of para-hydroxylation sites is 1. The fourth-order valence-electron chi connectivity index (χ4n) is 2.87. The fraction of sp³-hybridized carbons (Fsp3) is 0.318. The topological polar surface area (TPSA) is 69.0 Å². The smallest absolute Gasteiger partial charge is 0.234 e. The van der Waals surface area contributed by atoms with Gasteiger partial charge in [0.1, 0.15) is 5.75 Å². The van der Waals surface area contributed by atoms with Crippen LogP contribution in [0.3, 0.4) is 0 Å². The number of hydrogen-bond acceptors (Lipinski definition) is 5. The number of carbonyl (C=O) groups is 1. The van der Waals surface area contributed by atoms with Crippen LogP contribution in [-0.4, -0.2) is 26.4 Å². The van der Waals surface area contributed by atoms with Crippen molar-refractivity contribution in [3.8, 4) is 5.75 Å². The van der Waals surface area contributed by atoms with Crippen LogP contribution in [0.15, 0.2) is 53.7 Å². The zero-order valence-corrected chi connectivity index (χ0v) is 19.0. The second-order valence-corrected chi connectivity index (χ2v) is 8.55. The summed E-state index contributed by atoms with van der Waals surface area (Å²) in [4.78, 5) is 12.3. The predicted octanol–water partition coefficient (Wildman–Crippen LogP) is 5.46. The third-order valence-electron chi connectivity index (χ3n) is 4.57. The summed E-state index contributed by atoms with van der Waals surface area (Å²) in [6.07, 6.45) is -0.343. The highest BCUT2D eigenvalue weighted by atomic mass is 35.5. The number of halogens is 1. The van der Waals surface area contributed by atoms with E-state index in [1.165, 1.54) is 17.3 Å². The molecule has 0 aliphatic heterocycles. The van der Waals surface area contributed by atoms with Gasteiger partial charge in [-0.1, -0.05) is 61.5 Å². The number of carbonyl (C=O) groups excluding carboxylic acids is 1. The minimum Gasteiger partial charge on any atom is -0.481 e. The van der Waals surface area contributed by atoms with Crippen molar-refractivity contribution in [2.75, 3.05) is 11.1 Å². The molecule has 158 valence electrons. The molecular formula is C22H25ClN4O2S. The Balaban J connectivity index is 1.56. The molecule has 0 aliphatic rings. The summed E-state index contributed by atoms with van der Waals surface area (Å²) in [7, 11) is 1.85. The van der Waals surface area contributed by atoms with E-state index in [2.05, 4.69) is 29.4 Å².